The minimum Gasteiger partial charge on any atom is -0.497 e. The van der Waals surface area contributed by atoms with Gasteiger partial charge in [-0.1, -0.05) is 12.1 Å². The molecule has 122 valence electrons. The van der Waals surface area contributed by atoms with Crippen molar-refractivity contribution in [2.75, 3.05) is 18.2 Å². The van der Waals surface area contributed by atoms with Gasteiger partial charge in [0.25, 0.3) is 0 Å². The van der Waals surface area contributed by atoms with Crippen molar-refractivity contribution in [3.8, 4) is 5.75 Å². The Labute approximate surface area is 145 Å². The van der Waals surface area contributed by atoms with E-state index < -0.39 is 0 Å². The average Bonchev–Trinajstić information content (AvgIpc) is 3.08. The van der Waals surface area contributed by atoms with Crippen molar-refractivity contribution in [3.63, 3.8) is 0 Å². The molecule has 0 saturated carbocycles. The van der Waals surface area contributed by atoms with Crippen LogP contribution in [0.5, 0.6) is 5.75 Å². The number of thioether (sulfide) groups is 1. The lowest BCUT2D eigenvalue weighted by molar-refractivity contribution is 0.415. The molecule has 0 amide bonds. The Kier molecular flexibility index (Phi) is 4.02. The zero-order valence-electron chi connectivity index (χ0n) is 13.8. The number of aryl methyl sites for hydroxylation is 1. The number of benzene rings is 2. The van der Waals surface area contributed by atoms with E-state index in [0.717, 1.165) is 41.3 Å². The number of nitrogens with zero attached hydrogens (tertiary/aromatic N) is 2. The molecule has 1 aromatic heterocycles. The molecule has 3 aromatic rings. The average molecular weight is 337 g/mol. The van der Waals surface area contributed by atoms with Crippen LogP contribution in [-0.4, -0.2) is 22.8 Å². The van der Waals surface area contributed by atoms with Gasteiger partial charge in [0.15, 0.2) is 0 Å². The molecule has 5 heteroatoms. The quantitative estimate of drug-likeness (QED) is 0.773. The minimum atomic E-state index is 0.757. The van der Waals surface area contributed by atoms with Crippen LogP contribution in [0, 0.1) is 6.92 Å². The fourth-order valence-corrected chi connectivity index (χ4v) is 4.23. The second kappa shape index (κ2) is 6.32. The van der Waals surface area contributed by atoms with Gasteiger partial charge in [0, 0.05) is 28.6 Å². The molecular formula is C19H19N3OS. The lowest BCUT2D eigenvalue weighted by Crippen LogP contribution is -2.06. The Bertz CT molecular complexity index is 910. The fourth-order valence-electron chi connectivity index (χ4n) is 3.12. The highest BCUT2D eigenvalue weighted by Crippen LogP contribution is 2.34. The molecule has 2 heterocycles. The van der Waals surface area contributed by atoms with Gasteiger partial charge >= 0.3 is 0 Å². The molecule has 1 aliphatic rings. The van der Waals surface area contributed by atoms with Crippen molar-refractivity contribution in [2.45, 2.75) is 24.8 Å². The van der Waals surface area contributed by atoms with Gasteiger partial charge < -0.3 is 10.1 Å². The first-order valence-electron chi connectivity index (χ1n) is 8.04. The summed E-state index contributed by atoms with van der Waals surface area (Å²) in [6, 6.07) is 12.5. The molecular weight excluding hydrogens is 318 g/mol. The van der Waals surface area contributed by atoms with E-state index >= 15 is 0 Å². The Morgan fingerprint density at radius 2 is 2.12 bits per heavy atom. The highest BCUT2D eigenvalue weighted by Gasteiger charge is 2.15. The number of aromatic nitrogens is 2. The number of hydrogen-bond donors (Lipinski definition) is 1. The van der Waals surface area contributed by atoms with E-state index in [0.29, 0.717) is 0 Å². The summed E-state index contributed by atoms with van der Waals surface area (Å²) in [6.07, 6.45) is 1.15. The Balaban J connectivity index is 1.66. The van der Waals surface area contributed by atoms with Crippen LogP contribution in [0.2, 0.25) is 0 Å². The topological polar surface area (TPSA) is 47.0 Å². The van der Waals surface area contributed by atoms with E-state index in [-0.39, 0.29) is 0 Å². The van der Waals surface area contributed by atoms with Crippen LogP contribution in [-0.2, 0) is 13.0 Å². The summed E-state index contributed by atoms with van der Waals surface area (Å²) in [6.45, 7) is 2.70. The summed E-state index contributed by atoms with van der Waals surface area (Å²) < 4.78 is 5.30. The highest BCUT2D eigenvalue weighted by molar-refractivity contribution is 7.99. The summed E-state index contributed by atoms with van der Waals surface area (Å²) in [5.41, 5.74) is 3.74. The summed E-state index contributed by atoms with van der Waals surface area (Å²) in [5, 5.41) is 4.53. The SMILES string of the molecule is COc1ccc2c(NCc3cccc4c3CCS4)nc(C)nc2c1. The van der Waals surface area contributed by atoms with Gasteiger partial charge in [-0.15, -0.1) is 11.8 Å². The molecule has 0 spiro atoms. The Hall–Kier alpha value is -2.27. The van der Waals surface area contributed by atoms with Gasteiger partial charge in [-0.25, -0.2) is 9.97 Å². The normalized spacial score (nSPS) is 13.1. The summed E-state index contributed by atoms with van der Waals surface area (Å²) in [7, 11) is 1.67. The van der Waals surface area contributed by atoms with Crippen molar-refractivity contribution in [1.29, 1.82) is 0 Å². The Morgan fingerprint density at radius 3 is 3.00 bits per heavy atom. The zero-order valence-corrected chi connectivity index (χ0v) is 14.6. The van der Waals surface area contributed by atoms with Crippen molar-refractivity contribution >= 4 is 28.5 Å². The van der Waals surface area contributed by atoms with E-state index in [1.165, 1.54) is 21.8 Å². The second-order valence-corrected chi connectivity index (χ2v) is 6.99. The van der Waals surface area contributed by atoms with E-state index in [4.69, 9.17) is 4.74 Å². The lowest BCUT2D eigenvalue weighted by Gasteiger charge is -2.12. The maximum absolute atomic E-state index is 5.30. The predicted molar refractivity (Wildman–Crippen MR) is 99.0 cm³/mol. The third-order valence-electron chi connectivity index (χ3n) is 4.30. The molecule has 1 aliphatic heterocycles. The minimum absolute atomic E-state index is 0.757. The van der Waals surface area contributed by atoms with Crippen molar-refractivity contribution in [1.82, 2.24) is 9.97 Å². The number of fused-ring (bicyclic) bond motifs is 2. The smallest absolute Gasteiger partial charge is 0.137 e. The largest absolute Gasteiger partial charge is 0.497 e. The fraction of sp³-hybridized carbons (Fsp3) is 0.263. The maximum Gasteiger partial charge on any atom is 0.137 e. The van der Waals surface area contributed by atoms with Crippen LogP contribution in [0.3, 0.4) is 0 Å². The van der Waals surface area contributed by atoms with Gasteiger partial charge in [-0.05, 0) is 42.7 Å². The van der Waals surface area contributed by atoms with Crippen LogP contribution >= 0.6 is 11.8 Å². The first-order valence-corrected chi connectivity index (χ1v) is 9.03. The van der Waals surface area contributed by atoms with E-state index in [1.54, 1.807) is 7.11 Å². The molecule has 4 rings (SSSR count). The summed E-state index contributed by atoms with van der Waals surface area (Å²) in [4.78, 5) is 10.5. The highest BCUT2D eigenvalue weighted by atomic mass is 32.2. The number of anilines is 1. The molecule has 0 unspecified atom stereocenters. The van der Waals surface area contributed by atoms with Gasteiger partial charge in [0.1, 0.15) is 17.4 Å². The van der Waals surface area contributed by atoms with Crippen LogP contribution in [0.25, 0.3) is 10.9 Å². The van der Waals surface area contributed by atoms with Crippen molar-refractivity contribution in [2.24, 2.45) is 0 Å². The summed E-state index contributed by atoms with van der Waals surface area (Å²) >= 11 is 1.95. The van der Waals surface area contributed by atoms with Crippen LogP contribution in [0.1, 0.15) is 17.0 Å². The van der Waals surface area contributed by atoms with Crippen LogP contribution < -0.4 is 10.1 Å². The number of methoxy groups -OCH3 is 1. The molecule has 4 nitrogen and oxygen atoms in total. The van der Waals surface area contributed by atoms with Crippen molar-refractivity contribution < 1.29 is 4.74 Å². The van der Waals surface area contributed by atoms with E-state index in [1.807, 2.05) is 36.9 Å². The van der Waals surface area contributed by atoms with Gasteiger partial charge in [0.05, 0.1) is 12.6 Å². The monoisotopic (exact) mass is 337 g/mol. The summed E-state index contributed by atoms with van der Waals surface area (Å²) in [5.74, 6) is 3.63. The first kappa shape index (κ1) is 15.3. The maximum atomic E-state index is 5.30. The van der Waals surface area contributed by atoms with Gasteiger partial charge in [0.2, 0.25) is 0 Å². The van der Waals surface area contributed by atoms with Crippen LogP contribution in [0.4, 0.5) is 5.82 Å². The molecule has 0 bridgehead atoms. The van der Waals surface area contributed by atoms with Gasteiger partial charge in [-0.3, -0.25) is 0 Å². The Morgan fingerprint density at radius 1 is 1.21 bits per heavy atom. The molecule has 0 saturated heterocycles. The predicted octanol–water partition coefficient (Wildman–Crippen LogP) is 4.21. The first-order chi connectivity index (χ1) is 11.7. The lowest BCUT2D eigenvalue weighted by atomic mass is 10.1. The molecule has 0 radical (unpaired) electrons. The molecule has 24 heavy (non-hydrogen) atoms. The zero-order chi connectivity index (χ0) is 16.5. The third kappa shape index (κ3) is 2.80. The number of ether oxygens (including phenoxy) is 1. The molecule has 0 fully saturated rings. The third-order valence-corrected chi connectivity index (χ3v) is 5.40. The standard InChI is InChI=1S/C19H19N3OS/c1-12-21-17-10-14(23-2)6-7-16(17)19(22-12)20-11-13-4-3-5-18-15(13)8-9-24-18/h3-7,10H,8-9,11H2,1-2H3,(H,20,21,22). The molecule has 1 N–H and O–H groups in total. The number of hydrogen-bond acceptors (Lipinski definition) is 5. The number of rotatable bonds is 4. The van der Waals surface area contributed by atoms with Crippen molar-refractivity contribution in [3.05, 3.63) is 53.3 Å². The molecule has 0 aliphatic carbocycles. The molecule has 0 atom stereocenters. The second-order valence-electron chi connectivity index (χ2n) is 5.85. The number of nitrogens with one attached hydrogen (secondary N) is 1. The van der Waals surface area contributed by atoms with E-state index in [9.17, 15) is 0 Å². The van der Waals surface area contributed by atoms with Crippen LogP contribution in [0.15, 0.2) is 41.3 Å². The molecule has 2 aromatic carbocycles. The van der Waals surface area contributed by atoms with Gasteiger partial charge in [-0.2, -0.15) is 0 Å². The van der Waals surface area contributed by atoms with E-state index in [2.05, 4.69) is 33.5 Å².